The summed E-state index contributed by atoms with van der Waals surface area (Å²) in [6.07, 6.45) is -3.87. The Balaban J connectivity index is 2.09. The molecule has 0 spiro atoms. The molecule has 3 unspecified atom stereocenters. The van der Waals surface area contributed by atoms with Gasteiger partial charge in [-0.05, 0) is 12.1 Å². The minimum atomic E-state index is -4.09. The topological polar surface area (TPSA) is 164 Å². The highest BCUT2D eigenvalue weighted by Crippen LogP contribution is 2.31. The number of non-ortho nitro benzene ring substituents is 1. The van der Waals surface area contributed by atoms with Crippen LogP contribution in [0.2, 0.25) is 0 Å². The first-order valence-corrected chi connectivity index (χ1v) is 13.0. The van der Waals surface area contributed by atoms with Crippen molar-refractivity contribution < 1.29 is 33.0 Å². The van der Waals surface area contributed by atoms with Gasteiger partial charge in [-0.1, -0.05) is 30.3 Å². The van der Waals surface area contributed by atoms with Gasteiger partial charge in [0.05, 0.1) is 22.1 Å². The quantitative estimate of drug-likeness (QED) is 0.166. The highest BCUT2D eigenvalue weighted by atomic mass is 32.2. The van der Waals surface area contributed by atoms with Crippen molar-refractivity contribution in [1.82, 2.24) is 14.6 Å². The maximum absolute atomic E-state index is 13.2. The predicted octanol–water partition coefficient (Wildman–Crippen LogP) is 1.93. The molecule has 3 rings (SSSR count). The van der Waals surface area contributed by atoms with Crippen LogP contribution in [0, 0.1) is 10.1 Å². The second-order valence-corrected chi connectivity index (χ2v) is 10.0. The van der Waals surface area contributed by atoms with Crippen LogP contribution in [-0.2, 0) is 19.5 Å². The molecule has 36 heavy (non-hydrogen) atoms. The number of nitrogens with one attached hydrogen (secondary N) is 1. The highest BCUT2D eigenvalue weighted by Gasteiger charge is 2.36. The Bertz CT molecular complexity index is 1260. The van der Waals surface area contributed by atoms with Crippen molar-refractivity contribution in [3.63, 3.8) is 0 Å². The highest BCUT2D eigenvalue weighted by molar-refractivity contribution is 7.89. The van der Waals surface area contributed by atoms with Crippen molar-refractivity contribution in [2.45, 2.75) is 23.6 Å². The number of aromatic nitrogens is 1. The van der Waals surface area contributed by atoms with E-state index >= 15 is 0 Å². The monoisotopic (exact) mass is 538 g/mol. The minimum absolute atomic E-state index is 0.00401. The van der Waals surface area contributed by atoms with Crippen LogP contribution in [0.1, 0.15) is 11.2 Å². The summed E-state index contributed by atoms with van der Waals surface area (Å²) in [5.41, 5.74) is 0.728. The fourth-order valence-electron chi connectivity index (χ4n) is 3.45. The maximum atomic E-state index is 13.2. The van der Waals surface area contributed by atoms with Crippen LogP contribution in [0.15, 0.2) is 64.9 Å². The summed E-state index contributed by atoms with van der Waals surface area (Å²) in [4.78, 5) is 16.6. The van der Waals surface area contributed by atoms with Gasteiger partial charge in [0, 0.05) is 43.8 Å². The average Bonchev–Trinajstić information content (AvgIpc) is 3.38. The van der Waals surface area contributed by atoms with Crippen molar-refractivity contribution >= 4 is 27.0 Å². The number of rotatable bonds is 13. The molecule has 12 nitrogen and oxygen atoms in total. The van der Waals surface area contributed by atoms with Crippen molar-refractivity contribution in [3.05, 3.63) is 75.1 Å². The Morgan fingerprint density at radius 2 is 1.89 bits per heavy atom. The second-order valence-electron chi connectivity index (χ2n) is 7.43. The molecule has 1 heterocycles. The zero-order valence-electron chi connectivity index (χ0n) is 19.4. The summed E-state index contributed by atoms with van der Waals surface area (Å²) in [5, 5.41) is 33.2. The molecule has 3 N–H and O–H groups in total. The molecule has 2 aromatic carbocycles. The lowest BCUT2D eigenvalue weighted by atomic mass is 10.1. The third kappa shape index (κ3) is 6.48. The lowest BCUT2D eigenvalue weighted by Crippen LogP contribution is -2.53. The summed E-state index contributed by atoms with van der Waals surface area (Å²) in [6, 6.07) is 13.6. The van der Waals surface area contributed by atoms with Crippen molar-refractivity contribution in [2.24, 2.45) is 0 Å². The van der Waals surface area contributed by atoms with Gasteiger partial charge in [0.25, 0.3) is 5.69 Å². The van der Waals surface area contributed by atoms with E-state index in [4.69, 9.17) is 9.47 Å². The van der Waals surface area contributed by atoms with Gasteiger partial charge in [0.2, 0.25) is 10.0 Å². The van der Waals surface area contributed by atoms with Gasteiger partial charge in [0.15, 0.2) is 12.5 Å². The fraction of sp³-hybridized carbons (Fsp3) is 0.318. The molecule has 3 atom stereocenters. The van der Waals surface area contributed by atoms with Gasteiger partial charge in [-0.25, -0.2) is 18.3 Å². The molecule has 0 aliphatic rings. The van der Waals surface area contributed by atoms with E-state index in [1.165, 1.54) is 49.5 Å². The number of aliphatic hydroxyl groups excluding tert-OH is 2. The average molecular weight is 539 g/mol. The first kappa shape index (κ1) is 27.8. The molecular formula is C22H26N4O8S2. The first-order valence-electron chi connectivity index (χ1n) is 10.6. The molecule has 0 fully saturated rings. The molecule has 0 bridgehead atoms. The van der Waals surface area contributed by atoms with Gasteiger partial charge in [-0.3, -0.25) is 10.1 Å². The van der Waals surface area contributed by atoms with E-state index in [2.05, 4.69) is 9.71 Å². The number of methoxy groups -OCH3 is 2. The van der Waals surface area contributed by atoms with Crippen molar-refractivity contribution in [3.8, 4) is 11.3 Å². The number of hydrogen-bond acceptors (Lipinski definition) is 11. The van der Waals surface area contributed by atoms with Crippen molar-refractivity contribution in [2.75, 3.05) is 27.4 Å². The SMILES string of the molecule is COC(O)C(OC)N(CCO)C(NS(=O)(=O)c1ccccc1)c1nc(-c2cccc([N+](=O)[O-])c2)cs1. The first-order chi connectivity index (χ1) is 17.2. The molecule has 0 radical (unpaired) electrons. The zero-order valence-corrected chi connectivity index (χ0v) is 21.1. The van der Waals surface area contributed by atoms with Crippen LogP contribution in [0.25, 0.3) is 11.3 Å². The van der Waals surface area contributed by atoms with E-state index in [0.717, 1.165) is 11.3 Å². The van der Waals surface area contributed by atoms with Crippen LogP contribution in [0.5, 0.6) is 0 Å². The van der Waals surface area contributed by atoms with Crippen LogP contribution in [0.4, 0.5) is 5.69 Å². The molecule has 14 heteroatoms. The summed E-state index contributed by atoms with van der Waals surface area (Å²) < 4.78 is 39.4. The van der Waals surface area contributed by atoms with Gasteiger partial charge in [-0.2, -0.15) is 4.72 Å². The number of ether oxygens (including phenoxy) is 2. The zero-order chi connectivity index (χ0) is 26.3. The summed E-state index contributed by atoms with van der Waals surface area (Å²) in [5.74, 6) is 0. The van der Waals surface area contributed by atoms with Crippen LogP contribution < -0.4 is 4.72 Å². The lowest BCUT2D eigenvalue weighted by molar-refractivity contribution is -0.384. The normalized spacial score (nSPS) is 14.5. The fourth-order valence-corrected chi connectivity index (χ4v) is 5.61. The number of sulfonamides is 1. The van der Waals surface area contributed by atoms with Gasteiger partial charge >= 0.3 is 0 Å². The number of benzene rings is 2. The molecule has 194 valence electrons. The predicted molar refractivity (Wildman–Crippen MR) is 131 cm³/mol. The van der Waals surface area contributed by atoms with Crippen LogP contribution in [0.3, 0.4) is 0 Å². The van der Waals surface area contributed by atoms with E-state index in [1.807, 2.05) is 0 Å². The number of thiazole rings is 1. The molecule has 1 aromatic heterocycles. The Kier molecular flexibility index (Phi) is 9.58. The van der Waals surface area contributed by atoms with Gasteiger partial charge < -0.3 is 19.7 Å². The molecule has 3 aromatic rings. The molecule has 0 amide bonds. The summed E-state index contributed by atoms with van der Waals surface area (Å²) in [6.45, 7) is -0.518. The van der Waals surface area contributed by atoms with Gasteiger partial charge in [-0.15, -0.1) is 11.3 Å². The Morgan fingerprint density at radius 1 is 1.17 bits per heavy atom. The lowest BCUT2D eigenvalue weighted by Gasteiger charge is -2.37. The van der Waals surface area contributed by atoms with Gasteiger partial charge in [0.1, 0.15) is 11.2 Å². The maximum Gasteiger partial charge on any atom is 0.270 e. The van der Waals surface area contributed by atoms with E-state index in [-0.39, 0.29) is 22.1 Å². The van der Waals surface area contributed by atoms with Crippen LogP contribution >= 0.6 is 11.3 Å². The second kappa shape index (κ2) is 12.4. The van der Waals surface area contributed by atoms with E-state index in [0.29, 0.717) is 11.3 Å². The summed E-state index contributed by atoms with van der Waals surface area (Å²) >= 11 is 1.09. The molecule has 0 saturated carbocycles. The standard InChI is InChI=1S/C22H26N4O8S2/c1-33-21(22(28)34-2)25(11-12-27)19(24-36(31,32)17-9-4-3-5-10-17)20-23-18(14-35-20)15-7-6-8-16(13-15)26(29)30/h3-10,13-14,19,21-22,24,27-28H,11-12H2,1-2H3. The summed E-state index contributed by atoms with van der Waals surface area (Å²) in [7, 11) is -1.54. The van der Waals surface area contributed by atoms with E-state index in [1.54, 1.807) is 29.6 Å². The third-order valence-electron chi connectivity index (χ3n) is 5.17. The van der Waals surface area contributed by atoms with E-state index in [9.17, 15) is 28.7 Å². The Labute approximate surface area is 211 Å². The number of aliphatic hydroxyl groups is 2. The minimum Gasteiger partial charge on any atom is -0.395 e. The number of hydrogen-bond donors (Lipinski definition) is 3. The third-order valence-corrected chi connectivity index (χ3v) is 7.50. The molecular weight excluding hydrogens is 512 g/mol. The van der Waals surface area contributed by atoms with E-state index < -0.39 is 40.2 Å². The largest absolute Gasteiger partial charge is 0.395 e. The molecule has 0 saturated heterocycles. The molecule has 0 aliphatic heterocycles. The molecule has 0 aliphatic carbocycles. The van der Waals surface area contributed by atoms with Crippen molar-refractivity contribution in [1.29, 1.82) is 0 Å². The van der Waals surface area contributed by atoms with Crippen LogP contribution in [-0.4, -0.2) is 73.3 Å². The number of nitro benzene ring substituents is 1. The number of nitro groups is 1. The Morgan fingerprint density at radius 3 is 2.50 bits per heavy atom. The smallest absolute Gasteiger partial charge is 0.270 e. The Hall–Kier alpha value is -2.82. The number of nitrogens with zero attached hydrogens (tertiary/aromatic N) is 3.